The molecule has 0 radical (unpaired) electrons. The molecule has 0 atom stereocenters. The molecule has 0 saturated heterocycles. The van der Waals surface area contributed by atoms with Gasteiger partial charge in [0.25, 0.3) is 0 Å². The molecular formula is C13H14BrNO2. The normalized spacial score (nSPS) is 9.71. The minimum Gasteiger partial charge on any atom is -0.462 e. The third-order valence-electron chi connectivity index (χ3n) is 2.37. The van der Waals surface area contributed by atoms with E-state index < -0.39 is 0 Å². The fourth-order valence-electron chi connectivity index (χ4n) is 1.53. The van der Waals surface area contributed by atoms with E-state index in [2.05, 4.69) is 22.0 Å². The van der Waals surface area contributed by atoms with E-state index in [0.29, 0.717) is 30.3 Å². The smallest absolute Gasteiger partial charge is 0.338 e. The van der Waals surface area contributed by atoms with Crippen molar-refractivity contribution < 1.29 is 9.53 Å². The third-order valence-corrected chi connectivity index (χ3v) is 2.97. The lowest BCUT2D eigenvalue weighted by Crippen LogP contribution is -2.06. The lowest BCUT2D eigenvalue weighted by molar-refractivity contribution is 0.0526. The predicted octanol–water partition coefficient (Wildman–Crippen LogP) is 3.21. The largest absolute Gasteiger partial charge is 0.462 e. The quantitative estimate of drug-likeness (QED) is 0.619. The summed E-state index contributed by atoms with van der Waals surface area (Å²) in [6, 6.07) is 7.57. The molecule has 0 heterocycles. The van der Waals surface area contributed by atoms with E-state index in [1.807, 2.05) is 12.1 Å². The molecule has 17 heavy (non-hydrogen) atoms. The molecule has 0 unspecified atom stereocenters. The first-order chi connectivity index (χ1) is 8.22. The van der Waals surface area contributed by atoms with Crippen LogP contribution in [0.5, 0.6) is 0 Å². The van der Waals surface area contributed by atoms with Crippen LogP contribution in [0.1, 0.15) is 34.8 Å². The number of benzene rings is 1. The maximum Gasteiger partial charge on any atom is 0.338 e. The van der Waals surface area contributed by atoms with Gasteiger partial charge in [-0.1, -0.05) is 22.0 Å². The van der Waals surface area contributed by atoms with Gasteiger partial charge in [0.15, 0.2) is 0 Å². The average Bonchev–Trinajstić information content (AvgIpc) is 2.36. The first kappa shape index (κ1) is 13.7. The Kier molecular flexibility index (Phi) is 5.71. The minimum atomic E-state index is -0.304. The van der Waals surface area contributed by atoms with Crippen molar-refractivity contribution in [3.63, 3.8) is 0 Å². The Balaban J connectivity index is 2.92. The van der Waals surface area contributed by atoms with Gasteiger partial charge in [-0.25, -0.2) is 4.79 Å². The fourth-order valence-corrected chi connectivity index (χ4v) is 2.05. The van der Waals surface area contributed by atoms with E-state index in [9.17, 15) is 4.79 Å². The van der Waals surface area contributed by atoms with E-state index in [-0.39, 0.29) is 5.97 Å². The number of hydrogen-bond donors (Lipinski definition) is 0. The summed E-state index contributed by atoms with van der Waals surface area (Å²) in [5, 5.41) is 9.24. The van der Waals surface area contributed by atoms with E-state index in [0.717, 1.165) is 11.1 Å². The molecule has 1 rings (SSSR count). The molecule has 0 N–H and O–H groups in total. The highest BCUT2D eigenvalue weighted by Gasteiger charge is 2.09. The van der Waals surface area contributed by atoms with Crippen LogP contribution in [0.3, 0.4) is 0 Å². The van der Waals surface area contributed by atoms with Crippen molar-refractivity contribution in [2.45, 2.75) is 25.1 Å². The average molecular weight is 296 g/mol. The summed E-state index contributed by atoms with van der Waals surface area (Å²) in [6.07, 6.45) is 1.19. The van der Waals surface area contributed by atoms with Crippen LogP contribution < -0.4 is 0 Å². The van der Waals surface area contributed by atoms with E-state index in [1.165, 1.54) is 0 Å². The summed E-state index contributed by atoms with van der Waals surface area (Å²) in [6.45, 7) is 2.16. The molecule has 0 fully saturated rings. The van der Waals surface area contributed by atoms with Crippen molar-refractivity contribution in [2.75, 3.05) is 6.61 Å². The predicted molar refractivity (Wildman–Crippen MR) is 69.0 cm³/mol. The Morgan fingerprint density at radius 2 is 2.24 bits per heavy atom. The number of esters is 1. The molecule has 1 aromatic carbocycles. The molecule has 90 valence electrons. The number of hydrogen-bond acceptors (Lipinski definition) is 3. The van der Waals surface area contributed by atoms with Gasteiger partial charge in [-0.15, -0.1) is 0 Å². The van der Waals surface area contributed by atoms with Gasteiger partial charge >= 0.3 is 5.97 Å². The highest BCUT2D eigenvalue weighted by Crippen LogP contribution is 2.17. The lowest BCUT2D eigenvalue weighted by Gasteiger charge is -2.08. The van der Waals surface area contributed by atoms with Crippen molar-refractivity contribution in [2.24, 2.45) is 0 Å². The highest BCUT2D eigenvalue weighted by molar-refractivity contribution is 9.08. The van der Waals surface area contributed by atoms with Crippen LogP contribution in [0.25, 0.3) is 0 Å². The maximum atomic E-state index is 11.5. The highest BCUT2D eigenvalue weighted by atomic mass is 79.9. The second kappa shape index (κ2) is 7.08. The van der Waals surface area contributed by atoms with E-state index in [4.69, 9.17) is 10.00 Å². The summed E-state index contributed by atoms with van der Waals surface area (Å²) in [5.74, 6) is -0.304. The van der Waals surface area contributed by atoms with Crippen molar-refractivity contribution in [1.82, 2.24) is 0 Å². The molecule has 1 aromatic rings. The molecule has 0 aliphatic heterocycles. The third kappa shape index (κ3) is 3.86. The van der Waals surface area contributed by atoms with Crippen LogP contribution >= 0.6 is 15.9 Å². The molecule has 3 nitrogen and oxygen atoms in total. The van der Waals surface area contributed by atoms with E-state index >= 15 is 0 Å². The monoisotopic (exact) mass is 295 g/mol. The number of carbonyl (C=O) groups is 1. The van der Waals surface area contributed by atoms with Gasteiger partial charge in [-0.05, 0) is 36.6 Å². The van der Waals surface area contributed by atoms with Gasteiger partial charge in [0, 0.05) is 11.8 Å². The van der Waals surface area contributed by atoms with Crippen LogP contribution in [0.15, 0.2) is 18.2 Å². The Bertz CT molecular complexity index is 438. The van der Waals surface area contributed by atoms with Crippen molar-refractivity contribution in [3.05, 3.63) is 34.9 Å². The van der Waals surface area contributed by atoms with Crippen molar-refractivity contribution >= 4 is 21.9 Å². The second-order valence-electron chi connectivity index (χ2n) is 3.50. The zero-order valence-corrected chi connectivity index (χ0v) is 11.3. The zero-order valence-electron chi connectivity index (χ0n) is 9.70. The van der Waals surface area contributed by atoms with Crippen LogP contribution in [-0.2, 0) is 16.5 Å². The van der Waals surface area contributed by atoms with Gasteiger partial charge in [-0.2, -0.15) is 5.26 Å². The Labute approximate surface area is 110 Å². The second-order valence-corrected chi connectivity index (χ2v) is 4.06. The molecule has 0 spiro atoms. The summed E-state index contributed by atoms with van der Waals surface area (Å²) < 4.78 is 4.94. The molecule has 0 aromatic heterocycles. The van der Waals surface area contributed by atoms with Crippen molar-refractivity contribution in [3.8, 4) is 6.07 Å². The first-order valence-electron chi connectivity index (χ1n) is 5.44. The number of carbonyl (C=O) groups excluding carboxylic acids is 1. The first-order valence-corrected chi connectivity index (χ1v) is 6.57. The van der Waals surface area contributed by atoms with Crippen LogP contribution in [0, 0.1) is 11.3 Å². The van der Waals surface area contributed by atoms with Gasteiger partial charge in [0.1, 0.15) is 0 Å². The number of rotatable bonds is 5. The van der Waals surface area contributed by atoms with Crippen LogP contribution in [-0.4, -0.2) is 12.6 Å². The summed E-state index contributed by atoms with van der Waals surface area (Å²) in [4.78, 5) is 11.5. The standard InChI is InChI=1S/C13H14BrNO2/c1-2-17-13(16)11-6-5-10(4-3-7-15)12(8-11)9-14/h5-6,8H,2-4,9H2,1H3. The SMILES string of the molecule is CCOC(=O)c1ccc(CCC#N)c(CBr)c1. The number of nitriles is 1. The van der Waals surface area contributed by atoms with Gasteiger partial charge in [0.2, 0.25) is 0 Å². The van der Waals surface area contributed by atoms with E-state index in [1.54, 1.807) is 13.0 Å². The minimum absolute atomic E-state index is 0.304. The summed E-state index contributed by atoms with van der Waals surface area (Å²) in [5.41, 5.74) is 2.68. The molecule has 4 heteroatoms. The van der Waals surface area contributed by atoms with Crippen molar-refractivity contribution in [1.29, 1.82) is 5.26 Å². The Morgan fingerprint density at radius 3 is 2.82 bits per heavy atom. The van der Waals surface area contributed by atoms with Gasteiger partial charge < -0.3 is 4.74 Å². The zero-order chi connectivity index (χ0) is 12.7. The van der Waals surface area contributed by atoms with Gasteiger partial charge in [-0.3, -0.25) is 0 Å². The molecule has 0 amide bonds. The molecule has 0 aliphatic rings. The number of aryl methyl sites for hydroxylation is 1. The molecular weight excluding hydrogens is 282 g/mol. The number of nitrogens with zero attached hydrogens (tertiary/aromatic N) is 1. The Hall–Kier alpha value is -1.34. The summed E-state index contributed by atoms with van der Waals surface area (Å²) >= 11 is 3.39. The number of halogens is 1. The molecule has 0 bridgehead atoms. The number of alkyl halides is 1. The maximum absolute atomic E-state index is 11.5. The molecule has 0 saturated carbocycles. The Morgan fingerprint density at radius 1 is 1.47 bits per heavy atom. The fraction of sp³-hybridized carbons (Fsp3) is 0.385. The topological polar surface area (TPSA) is 50.1 Å². The van der Waals surface area contributed by atoms with Crippen LogP contribution in [0.2, 0.25) is 0 Å². The van der Waals surface area contributed by atoms with Gasteiger partial charge in [0.05, 0.1) is 18.2 Å². The van der Waals surface area contributed by atoms with Crippen LogP contribution in [0.4, 0.5) is 0 Å². The lowest BCUT2D eigenvalue weighted by atomic mass is 10.0. The summed E-state index contributed by atoms with van der Waals surface area (Å²) in [7, 11) is 0. The number of ether oxygens (including phenoxy) is 1. The molecule has 0 aliphatic carbocycles.